The molecule has 2 aromatic rings. The predicted octanol–water partition coefficient (Wildman–Crippen LogP) is 4.84. The van der Waals surface area contributed by atoms with Crippen molar-refractivity contribution in [3.8, 4) is 0 Å². The van der Waals surface area contributed by atoms with Gasteiger partial charge in [0.05, 0.1) is 4.88 Å². The molecule has 1 heterocycles. The first-order chi connectivity index (χ1) is 10.8. The van der Waals surface area contributed by atoms with Crippen molar-refractivity contribution < 1.29 is 4.79 Å². The highest BCUT2D eigenvalue weighted by atomic mass is 32.1. The number of amides is 1. The van der Waals surface area contributed by atoms with E-state index in [0.29, 0.717) is 11.8 Å². The minimum absolute atomic E-state index is 0.0618. The van der Waals surface area contributed by atoms with E-state index in [1.54, 1.807) is 0 Å². The molecule has 1 aliphatic rings. The summed E-state index contributed by atoms with van der Waals surface area (Å²) in [5.41, 5.74) is 1.36. The standard InChI is InChI=1S/C19H23NOS/c21-19(18-12-7-13-22-18)20-14-17(15-8-3-1-4-9-15)16-10-5-2-6-11-16/h1,3-4,7-9,12-13,16-17H,2,5-6,10-11,14H2,(H,20,21). The SMILES string of the molecule is O=C(NCC(c1ccccc1)C1CCCCC1)c1cccs1. The normalized spacial score (nSPS) is 17.1. The molecule has 1 saturated carbocycles. The van der Waals surface area contributed by atoms with Gasteiger partial charge in [0.1, 0.15) is 0 Å². The molecule has 1 amide bonds. The second-order valence-electron chi connectivity index (χ2n) is 6.10. The molecule has 3 heteroatoms. The molecule has 0 radical (unpaired) electrons. The highest BCUT2D eigenvalue weighted by Crippen LogP contribution is 2.35. The lowest BCUT2D eigenvalue weighted by molar-refractivity contribution is 0.0950. The van der Waals surface area contributed by atoms with Gasteiger partial charge in [0, 0.05) is 12.5 Å². The van der Waals surface area contributed by atoms with Crippen molar-refractivity contribution in [2.75, 3.05) is 6.54 Å². The van der Waals surface area contributed by atoms with Gasteiger partial charge >= 0.3 is 0 Å². The van der Waals surface area contributed by atoms with E-state index in [4.69, 9.17) is 0 Å². The first kappa shape index (κ1) is 15.3. The van der Waals surface area contributed by atoms with Gasteiger partial charge < -0.3 is 5.32 Å². The Morgan fingerprint density at radius 1 is 1.09 bits per heavy atom. The first-order valence-corrected chi connectivity index (χ1v) is 9.09. The highest BCUT2D eigenvalue weighted by molar-refractivity contribution is 7.12. The van der Waals surface area contributed by atoms with Crippen LogP contribution in [0.5, 0.6) is 0 Å². The van der Waals surface area contributed by atoms with E-state index < -0.39 is 0 Å². The summed E-state index contributed by atoms with van der Waals surface area (Å²) in [6.45, 7) is 0.741. The van der Waals surface area contributed by atoms with Gasteiger partial charge in [0.15, 0.2) is 0 Å². The Morgan fingerprint density at radius 3 is 2.55 bits per heavy atom. The molecule has 1 unspecified atom stereocenters. The van der Waals surface area contributed by atoms with Crippen molar-refractivity contribution in [2.45, 2.75) is 38.0 Å². The lowest BCUT2D eigenvalue weighted by Gasteiger charge is -2.31. The van der Waals surface area contributed by atoms with Crippen molar-refractivity contribution in [1.82, 2.24) is 5.32 Å². The lowest BCUT2D eigenvalue weighted by Crippen LogP contribution is -2.31. The summed E-state index contributed by atoms with van der Waals surface area (Å²) in [5, 5.41) is 5.10. The Bertz CT molecular complexity index is 573. The zero-order valence-electron chi connectivity index (χ0n) is 12.8. The maximum atomic E-state index is 12.2. The molecule has 1 aromatic carbocycles. The molecule has 0 bridgehead atoms. The van der Waals surface area contributed by atoms with E-state index in [1.807, 2.05) is 17.5 Å². The van der Waals surface area contributed by atoms with Gasteiger partial charge in [-0.3, -0.25) is 4.79 Å². The largest absolute Gasteiger partial charge is 0.351 e. The zero-order valence-corrected chi connectivity index (χ0v) is 13.6. The van der Waals surface area contributed by atoms with Crippen LogP contribution < -0.4 is 5.32 Å². The molecule has 116 valence electrons. The molecule has 1 aromatic heterocycles. The number of benzene rings is 1. The van der Waals surface area contributed by atoms with Crippen LogP contribution in [0.3, 0.4) is 0 Å². The van der Waals surface area contributed by atoms with Crippen LogP contribution in [0.25, 0.3) is 0 Å². The van der Waals surface area contributed by atoms with Crippen LogP contribution in [-0.4, -0.2) is 12.5 Å². The Labute approximate surface area is 136 Å². The average molecular weight is 313 g/mol. The predicted molar refractivity (Wildman–Crippen MR) is 92.4 cm³/mol. The number of hydrogen-bond donors (Lipinski definition) is 1. The smallest absolute Gasteiger partial charge is 0.261 e. The summed E-state index contributed by atoms with van der Waals surface area (Å²) in [5.74, 6) is 1.19. The second-order valence-corrected chi connectivity index (χ2v) is 7.05. The van der Waals surface area contributed by atoms with E-state index in [2.05, 4.69) is 35.6 Å². The summed E-state index contributed by atoms with van der Waals surface area (Å²) in [7, 11) is 0. The Balaban J connectivity index is 1.69. The molecule has 1 fully saturated rings. The van der Waals surface area contributed by atoms with Crippen molar-refractivity contribution in [3.63, 3.8) is 0 Å². The fourth-order valence-electron chi connectivity index (χ4n) is 3.49. The number of rotatable bonds is 5. The summed E-state index contributed by atoms with van der Waals surface area (Å²) >= 11 is 1.50. The number of carbonyl (C=O) groups is 1. The Morgan fingerprint density at radius 2 is 1.86 bits per heavy atom. The van der Waals surface area contributed by atoms with Crippen LogP contribution in [0.1, 0.15) is 53.3 Å². The lowest BCUT2D eigenvalue weighted by atomic mass is 9.77. The van der Waals surface area contributed by atoms with Crippen LogP contribution in [0, 0.1) is 5.92 Å². The summed E-state index contributed by atoms with van der Waals surface area (Å²) in [6, 6.07) is 14.5. The third-order valence-corrected chi connectivity index (χ3v) is 5.54. The molecule has 22 heavy (non-hydrogen) atoms. The second kappa shape index (κ2) is 7.59. The van der Waals surface area contributed by atoms with Gasteiger partial charge in [-0.15, -0.1) is 11.3 Å². The van der Waals surface area contributed by atoms with Crippen LogP contribution in [0.4, 0.5) is 0 Å². The number of nitrogens with one attached hydrogen (secondary N) is 1. The highest BCUT2D eigenvalue weighted by Gasteiger charge is 2.25. The Hall–Kier alpha value is -1.61. The average Bonchev–Trinajstić information content (AvgIpc) is 3.11. The fraction of sp³-hybridized carbons (Fsp3) is 0.421. The molecule has 3 rings (SSSR count). The van der Waals surface area contributed by atoms with E-state index >= 15 is 0 Å². The van der Waals surface area contributed by atoms with Crippen molar-refractivity contribution >= 4 is 17.2 Å². The maximum absolute atomic E-state index is 12.2. The quantitative estimate of drug-likeness (QED) is 0.840. The first-order valence-electron chi connectivity index (χ1n) is 8.21. The molecule has 1 N–H and O–H groups in total. The van der Waals surface area contributed by atoms with Crippen LogP contribution in [0.15, 0.2) is 47.8 Å². The topological polar surface area (TPSA) is 29.1 Å². The molecule has 0 saturated heterocycles. The molecular formula is C19H23NOS. The van der Waals surface area contributed by atoms with Gasteiger partial charge in [-0.25, -0.2) is 0 Å². The molecule has 1 aliphatic carbocycles. The van der Waals surface area contributed by atoms with E-state index in [9.17, 15) is 4.79 Å². The Kier molecular flexibility index (Phi) is 5.28. The minimum atomic E-state index is 0.0618. The van der Waals surface area contributed by atoms with E-state index in [1.165, 1.54) is 49.0 Å². The number of hydrogen-bond acceptors (Lipinski definition) is 2. The van der Waals surface area contributed by atoms with Crippen molar-refractivity contribution in [3.05, 3.63) is 58.3 Å². The third-order valence-electron chi connectivity index (χ3n) is 4.67. The molecule has 1 atom stereocenters. The monoisotopic (exact) mass is 313 g/mol. The summed E-state index contributed by atoms with van der Waals surface area (Å²) in [6.07, 6.45) is 6.59. The van der Waals surface area contributed by atoms with Crippen LogP contribution >= 0.6 is 11.3 Å². The van der Waals surface area contributed by atoms with Gasteiger partial charge in [-0.05, 0) is 35.8 Å². The fourth-order valence-corrected chi connectivity index (χ4v) is 4.13. The van der Waals surface area contributed by atoms with Crippen molar-refractivity contribution in [1.29, 1.82) is 0 Å². The van der Waals surface area contributed by atoms with Gasteiger partial charge in [0.2, 0.25) is 0 Å². The van der Waals surface area contributed by atoms with Crippen LogP contribution in [0.2, 0.25) is 0 Å². The number of carbonyl (C=O) groups excluding carboxylic acids is 1. The summed E-state index contributed by atoms with van der Waals surface area (Å²) in [4.78, 5) is 13.0. The maximum Gasteiger partial charge on any atom is 0.261 e. The zero-order chi connectivity index (χ0) is 15.2. The van der Waals surface area contributed by atoms with Crippen LogP contribution in [-0.2, 0) is 0 Å². The van der Waals surface area contributed by atoms with E-state index in [0.717, 1.165) is 11.4 Å². The third kappa shape index (κ3) is 3.77. The van der Waals surface area contributed by atoms with E-state index in [-0.39, 0.29) is 5.91 Å². The summed E-state index contributed by atoms with van der Waals surface area (Å²) < 4.78 is 0. The van der Waals surface area contributed by atoms with Gasteiger partial charge in [0.25, 0.3) is 5.91 Å². The van der Waals surface area contributed by atoms with Crippen molar-refractivity contribution in [2.24, 2.45) is 5.92 Å². The molecular weight excluding hydrogens is 290 g/mol. The minimum Gasteiger partial charge on any atom is -0.351 e. The van der Waals surface area contributed by atoms with Gasteiger partial charge in [-0.2, -0.15) is 0 Å². The molecule has 2 nitrogen and oxygen atoms in total. The van der Waals surface area contributed by atoms with Gasteiger partial charge in [-0.1, -0.05) is 55.7 Å². The number of thiophene rings is 1. The molecule has 0 aliphatic heterocycles. The molecule has 0 spiro atoms.